The highest BCUT2D eigenvalue weighted by Gasteiger charge is 2.29. The Morgan fingerprint density at radius 3 is 2.39 bits per heavy atom. The van der Waals surface area contributed by atoms with Gasteiger partial charge in [0.15, 0.2) is 11.6 Å². The molecule has 3 heterocycles. The number of halogens is 3. The predicted molar refractivity (Wildman–Crippen MR) is 147 cm³/mol. The van der Waals surface area contributed by atoms with Gasteiger partial charge in [0.05, 0.1) is 17.6 Å². The van der Waals surface area contributed by atoms with E-state index in [1.807, 2.05) is 11.9 Å². The lowest BCUT2D eigenvalue weighted by molar-refractivity contribution is 0.147. The van der Waals surface area contributed by atoms with Gasteiger partial charge in [-0.15, -0.1) is 0 Å². The molecule has 0 unspecified atom stereocenters. The van der Waals surface area contributed by atoms with Crippen molar-refractivity contribution in [1.29, 1.82) is 0 Å². The molecule has 0 spiro atoms. The molecule has 5 rings (SSSR count). The molecule has 0 saturated carbocycles. The molecule has 0 aliphatic carbocycles. The van der Waals surface area contributed by atoms with Crippen molar-refractivity contribution in [2.24, 2.45) is 7.05 Å². The number of ether oxygens (including phenoxy) is 1. The van der Waals surface area contributed by atoms with E-state index >= 15 is 4.39 Å². The molecule has 2 aromatic carbocycles. The maximum absolute atomic E-state index is 15.7. The van der Waals surface area contributed by atoms with Gasteiger partial charge in [0.2, 0.25) is 11.8 Å². The summed E-state index contributed by atoms with van der Waals surface area (Å²) in [7, 11) is -0.730. The number of aromatic nitrogens is 4. The fourth-order valence-corrected chi connectivity index (χ4v) is 5.43. The van der Waals surface area contributed by atoms with Crippen LogP contribution in [0.25, 0.3) is 11.3 Å². The summed E-state index contributed by atoms with van der Waals surface area (Å²) >= 11 is 0. The first-order valence-electron chi connectivity index (χ1n) is 12.7. The highest BCUT2D eigenvalue weighted by Crippen LogP contribution is 2.41. The van der Waals surface area contributed by atoms with Gasteiger partial charge in [-0.05, 0) is 31.7 Å². The first kappa shape index (κ1) is 28.4. The van der Waals surface area contributed by atoms with Gasteiger partial charge in [-0.1, -0.05) is 30.3 Å². The van der Waals surface area contributed by atoms with Gasteiger partial charge in [-0.2, -0.15) is 10.1 Å². The van der Waals surface area contributed by atoms with E-state index in [0.29, 0.717) is 24.2 Å². The molecule has 1 aliphatic rings. The lowest BCUT2D eigenvalue weighted by Gasteiger charge is -2.34. The minimum absolute atomic E-state index is 0.188. The molecule has 1 aliphatic heterocycles. The van der Waals surface area contributed by atoms with Crippen LogP contribution in [0, 0.1) is 12.7 Å². The van der Waals surface area contributed by atoms with Gasteiger partial charge in [0, 0.05) is 45.0 Å². The van der Waals surface area contributed by atoms with Gasteiger partial charge in [0.1, 0.15) is 10.5 Å². The van der Waals surface area contributed by atoms with Gasteiger partial charge in [-0.3, -0.25) is 4.68 Å². The van der Waals surface area contributed by atoms with Crippen molar-refractivity contribution in [2.45, 2.75) is 18.2 Å². The number of likely N-dealkylation sites (N-methyl/N-ethyl adjacent to an activating group) is 1. The molecule has 1 saturated heterocycles. The van der Waals surface area contributed by atoms with Crippen LogP contribution in [0.15, 0.2) is 59.8 Å². The number of aryl methyl sites for hydroxylation is 2. The Labute approximate surface area is 235 Å². The van der Waals surface area contributed by atoms with Gasteiger partial charge >= 0.3 is 0 Å². The number of piperazine rings is 1. The van der Waals surface area contributed by atoms with Crippen molar-refractivity contribution >= 4 is 21.7 Å². The largest absolute Gasteiger partial charge is 0.435 e. The molecule has 41 heavy (non-hydrogen) atoms. The topological polar surface area (TPSA) is 105 Å². The minimum Gasteiger partial charge on any atom is -0.435 e. The van der Waals surface area contributed by atoms with Crippen LogP contribution in [-0.2, 0) is 17.1 Å². The molecule has 0 atom stereocenters. The number of rotatable bonds is 8. The molecule has 4 aromatic rings. The molecule has 1 fully saturated rings. The molecule has 2 aromatic heterocycles. The van der Waals surface area contributed by atoms with Crippen LogP contribution in [0.1, 0.15) is 17.6 Å². The minimum atomic E-state index is -4.24. The Kier molecular flexibility index (Phi) is 7.87. The quantitative estimate of drug-likeness (QED) is 0.319. The summed E-state index contributed by atoms with van der Waals surface area (Å²) < 4.78 is 80.3. The standard InChI is InChI=1S/C27H28F3N7O3S/c1-17-7-4-5-8-19(17)24-22(25(29)30)26(33-27(32-24)34-41(38,39)18-15-31-36(3)16-18)40-21-10-6-9-20(23(21)28)37-13-11-35(2)12-14-37/h4-10,15-16,25H,11-14H2,1-3H3,(H,32,33,34). The van der Waals surface area contributed by atoms with E-state index in [1.165, 1.54) is 16.9 Å². The molecule has 0 bridgehead atoms. The number of hydrogen-bond donors (Lipinski definition) is 1. The molecular formula is C27H28F3N7O3S. The number of nitrogens with one attached hydrogen (secondary N) is 1. The van der Waals surface area contributed by atoms with Gasteiger partial charge in [-0.25, -0.2) is 31.3 Å². The molecule has 10 nitrogen and oxygen atoms in total. The van der Waals surface area contributed by atoms with E-state index in [1.54, 1.807) is 50.4 Å². The van der Waals surface area contributed by atoms with Crippen LogP contribution in [0.3, 0.4) is 0 Å². The molecule has 216 valence electrons. The number of benzene rings is 2. The van der Waals surface area contributed by atoms with E-state index in [4.69, 9.17) is 4.74 Å². The van der Waals surface area contributed by atoms with Crippen LogP contribution in [0.4, 0.5) is 24.8 Å². The average molecular weight is 588 g/mol. The van der Waals surface area contributed by atoms with E-state index < -0.39 is 39.7 Å². The lowest BCUT2D eigenvalue weighted by atomic mass is 10.0. The molecule has 0 radical (unpaired) electrons. The highest BCUT2D eigenvalue weighted by atomic mass is 32.2. The van der Waals surface area contributed by atoms with Crippen LogP contribution >= 0.6 is 0 Å². The smallest absolute Gasteiger partial charge is 0.271 e. The Morgan fingerprint density at radius 1 is 1.00 bits per heavy atom. The van der Waals surface area contributed by atoms with Crippen molar-refractivity contribution in [3.63, 3.8) is 0 Å². The summed E-state index contributed by atoms with van der Waals surface area (Å²) in [6.45, 7) is 4.30. The summed E-state index contributed by atoms with van der Waals surface area (Å²) in [5.41, 5.74) is 0.224. The number of nitrogens with zero attached hydrogens (tertiary/aromatic N) is 6. The SMILES string of the molecule is Cc1ccccc1-c1nc(NS(=O)(=O)c2cnn(C)c2)nc(Oc2cccc(N3CCN(C)CC3)c2F)c1C(F)F. The maximum Gasteiger partial charge on any atom is 0.271 e. The fraction of sp³-hybridized carbons (Fsp3) is 0.296. The van der Waals surface area contributed by atoms with E-state index in [2.05, 4.69) is 24.7 Å². The van der Waals surface area contributed by atoms with Crippen molar-refractivity contribution < 1.29 is 26.3 Å². The average Bonchev–Trinajstić information content (AvgIpc) is 3.37. The highest BCUT2D eigenvalue weighted by molar-refractivity contribution is 7.92. The van der Waals surface area contributed by atoms with Crippen LogP contribution in [0.2, 0.25) is 0 Å². The second-order valence-electron chi connectivity index (χ2n) is 9.67. The van der Waals surface area contributed by atoms with E-state index in [9.17, 15) is 17.2 Å². The number of alkyl halides is 2. The molecule has 1 N–H and O–H groups in total. The second-order valence-corrected chi connectivity index (χ2v) is 11.3. The van der Waals surface area contributed by atoms with E-state index in [-0.39, 0.29) is 22.0 Å². The van der Waals surface area contributed by atoms with Crippen LogP contribution < -0.4 is 14.4 Å². The third-order valence-electron chi connectivity index (χ3n) is 6.74. The summed E-state index contributed by atoms with van der Waals surface area (Å²) in [6, 6.07) is 11.1. The zero-order valence-corrected chi connectivity index (χ0v) is 23.4. The Hall–Kier alpha value is -4.17. The zero-order chi connectivity index (χ0) is 29.3. The first-order chi connectivity index (χ1) is 19.5. The lowest BCUT2D eigenvalue weighted by Crippen LogP contribution is -2.44. The maximum atomic E-state index is 15.7. The summed E-state index contributed by atoms with van der Waals surface area (Å²) in [5.74, 6) is -2.28. The first-order valence-corrected chi connectivity index (χ1v) is 14.2. The zero-order valence-electron chi connectivity index (χ0n) is 22.6. The number of anilines is 2. The van der Waals surface area contributed by atoms with Crippen LogP contribution in [0.5, 0.6) is 11.6 Å². The second kappa shape index (κ2) is 11.4. The predicted octanol–water partition coefficient (Wildman–Crippen LogP) is 4.61. The number of hydrogen-bond acceptors (Lipinski definition) is 8. The van der Waals surface area contributed by atoms with E-state index in [0.717, 1.165) is 19.3 Å². The Balaban J connectivity index is 1.62. The monoisotopic (exact) mass is 587 g/mol. The van der Waals surface area contributed by atoms with Crippen molar-refractivity contribution in [1.82, 2.24) is 24.6 Å². The third-order valence-corrected chi connectivity index (χ3v) is 8.02. The van der Waals surface area contributed by atoms with Crippen molar-refractivity contribution in [3.05, 3.63) is 71.8 Å². The Bertz CT molecular complexity index is 1670. The van der Waals surface area contributed by atoms with Crippen molar-refractivity contribution in [2.75, 3.05) is 42.8 Å². The molecule has 0 amide bonds. The van der Waals surface area contributed by atoms with Crippen molar-refractivity contribution in [3.8, 4) is 22.9 Å². The van der Waals surface area contributed by atoms with Gasteiger partial charge < -0.3 is 14.5 Å². The summed E-state index contributed by atoms with van der Waals surface area (Å²) in [6.07, 6.45) is -0.753. The molecular weight excluding hydrogens is 559 g/mol. The summed E-state index contributed by atoms with van der Waals surface area (Å²) in [5, 5.41) is 3.86. The third kappa shape index (κ3) is 5.98. The Morgan fingerprint density at radius 2 is 1.73 bits per heavy atom. The number of sulfonamides is 1. The fourth-order valence-electron chi connectivity index (χ4n) is 4.50. The normalized spacial score (nSPS) is 14.5. The molecule has 14 heteroatoms. The summed E-state index contributed by atoms with van der Waals surface area (Å²) in [4.78, 5) is 11.9. The van der Waals surface area contributed by atoms with Crippen LogP contribution in [-0.4, -0.2) is 66.3 Å². The van der Waals surface area contributed by atoms with Gasteiger partial charge in [0.25, 0.3) is 16.4 Å².